The molecule has 1 aromatic rings. The number of carboxylic acids is 1. The summed E-state index contributed by atoms with van der Waals surface area (Å²) in [6.45, 7) is 5.14. The molecule has 0 saturated carbocycles. The van der Waals surface area contributed by atoms with Crippen LogP contribution in [0.15, 0.2) is 28.7 Å². The highest BCUT2D eigenvalue weighted by atomic mass is 79.9. The number of benzene rings is 1. The molecule has 3 nitrogen and oxygen atoms in total. The number of carbonyl (C=O) groups is 1. The molecule has 18 heavy (non-hydrogen) atoms. The summed E-state index contributed by atoms with van der Waals surface area (Å²) in [7, 11) is 2.01. The third-order valence-electron chi connectivity index (χ3n) is 3.06. The van der Waals surface area contributed by atoms with Crippen molar-refractivity contribution in [2.45, 2.75) is 26.8 Å². The molecule has 0 saturated heterocycles. The molecule has 0 radical (unpaired) electrons. The summed E-state index contributed by atoms with van der Waals surface area (Å²) in [5.74, 6) is -0.737. The van der Waals surface area contributed by atoms with Crippen LogP contribution in [0, 0.1) is 5.41 Å². The molecule has 0 atom stereocenters. The Morgan fingerprint density at radius 2 is 1.89 bits per heavy atom. The van der Waals surface area contributed by atoms with Crippen LogP contribution in [-0.4, -0.2) is 29.6 Å². The molecule has 0 amide bonds. The van der Waals surface area contributed by atoms with Crippen molar-refractivity contribution in [3.8, 4) is 0 Å². The van der Waals surface area contributed by atoms with Crippen molar-refractivity contribution >= 4 is 21.9 Å². The van der Waals surface area contributed by atoms with Gasteiger partial charge in [0.15, 0.2) is 0 Å². The number of nitrogens with zero attached hydrogens (tertiary/aromatic N) is 1. The van der Waals surface area contributed by atoms with E-state index in [2.05, 4.69) is 33.0 Å². The van der Waals surface area contributed by atoms with Crippen molar-refractivity contribution in [2.24, 2.45) is 5.41 Å². The predicted molar refractivity (Wildman–Crippen MR) is 76.5 cm³/mol. The molecule has 0 spiro atoms. The van der Waals surface area contributed by atoms with E-state index >= 15 is 0 Å². The minimum atomic E-state index is -0.737. The Kier molecular flexibility index (Phi) is 5.35. The van der Waals surface area contributed by atoms with Crippen molar-refractivity contribution in [3.05, 3.63) is 34.3 Å². The third kappa shape index (κ3) is 4.78. The maximum Gasteiger partial charge on any atom is 0.309 e. The monoisotopic (exact) mass is 313 g/mol. The van der Waals surface area contributed by atoms with E-state index in [1.807, 2.05) is 19.2 Å². The van der Waals surface area contributed by atoms with Crippen molar-refractivity contribution < 1.29 is 9.90 Å². The summed E-state index contributed by atoms with van der Waals surface area (Å²) in [4.78, 5) is 13.2. The standard InChI is InChI=1S/C14H20BrNO2/c1-14(2,13(17)18)8-9-16(3)10-11-4-6-12(15)7-5-11/h4-7H,8-10H2,1-3H3,(H,17,18). The van der Waals surface area contributed by atoms with Gasteiger partial charge in [-0.05, 0) is 51.6 Å². The van der Waals surface area contributed by atoms with Gasteiger partial charge in [0.2, 0.25) is 0 Å². The van der Waals surface area contributed by atoms with E-state index in [9.17, 15) is 4.79 Å². The van der Waals surface area contributed by atoms with Crippen LogP contribution >= 0.6 is 15.9 Å². The Bertz CT molecular complexity index is 401. The summed E-state index contributed by atoms with van der Waals surface area (Å²) in [5, 5.41) is 9.05. The zero-order chi connectivity index (χ0) is 13.8. The van der Waals surface area contributed by atoms with Crippen molar-refractivity contribution in [1.82, 2.24) is 4.90 Å². The van der Waals surface area contributed by atoms with Gasteiger partial charge in [0.1, 0.15) is 0 Å². The lowest BCUT2D eigenvalue weighted by atomic mass is 9.89. The largest absolute Gasteiger partial charge is 0.481 e. The highest BCUT2D eigenvalue weighted by Gasteiger charge is 2.26. The van der Waals surface area contributed by atoms with Crippen molar-refractivity contribution in [3.63, 3.8) is 0 Å². The van der Waals surface area contributed by atoms with Gasteiger partial charge in [-0.2, -0.15) is 0 Å². The second-order valence-corrected chi connectivity index (χ2v) is 6.22. The fourth-order valence-corrected chi connectivity index (χ4v) is 1.82. The van der Waals surface area contributed by atoms with E-state index in [0.29, 0.717) is 6.42 Å². The summed E-state index contributed by atoms with van der Waals surface area (Å²) >= 11 is 3.41. The Hall–Kier alpha value is -0.870. The first-order valence-corrected chi connectivity index (χ1v) is 6.77. The van der Waals surface area contributed by atoms with E-state index in [1.165, 1.54) is 5.56 Å². The van der Waals surface area contributed by atoms with Gasteiger partial charge in [-0.25, -0.2) is 0 Å². The SMILES string of the molecule is CN(CCC(C)(C)C(=O)O)Cc1ccc(Br)cc1. The molecule has 0 fully saturated rings. The number of aliphatic carboxylic acids is 1. The van der Waals surface area contributed by atoms with Gasteiger partial charge in [0, 0.05) is 11.0 Å². The molecule has 4 heteroatoms. The second kappa shape index (κ2) is 6.34. The minimum absolute atomic E-state index is 0.648. The zero-order valence-corrected chi connectivity index (χ0v) is 12.7. The molecule has 1 N–H and O–H groups in total. The molecule has 0 aliphatic rings. The lowest BCUT2D eigenvalue weighted by Gasteiger charge is -2.23. The van der Waals surface area contributed by atoms with Gasteiger partial charge in [-0.1, -0.05) is 28.1 Å². The fraction of sp³-hybridized carbons (Fsp3) is 0.500. The van der Waals surface area contributed by atoms with Crippen LogP contribution in [0.1, 0.15) is 25.8 Å². The minimum Gasteiger partial charge on any atom is -0.481 e. The van der Waals surface area contributed by atoms with Gasteiger partial charge in [0.25, 0.3) is 0 Å². The van der Waals surface area contributed by atoms with Gasteiger partial charge < -0.3 is 10.0 Å². The molecule has 0 aliphatic heterocycles. The molecule has 0 bridgehead atoms. The predicted octanol–water partition coefficient (Wildman–Crippen LogP) is 3.38. The van der Waals surface area contributed by atoms with Crippen molar-refractivity contribution in [1.29, 1.82) is 0 Å². The summed E-state index contributed by atoms with van der Waals surface area (Å²) < 4.78 is 1.07. The van der Waals surface area contributed by atoms with Crippen LogP contribution in [-0.2, 0) is 11.3 Å². The lowest BCUT2D eigenvalue weighted by molar-refractivity contribution is -0.147. The number of rotatable bonds is 6. The molecule has 0 heterocycles. The van der Waals surface area contributed by atoms with Crippen LogP contribution in [0.2, 0.25) is 0 Å². The molecule has 0 unspecified atom stereocenters. The quantitative estimate of drug-likeness (QED) is 0.875. The van der Waals surface area contributed by atoms with Crippen LogP contribution in [0.25, 0.3) is 0 Å². The topological polar surface area (TPSA) is 40.5 Å². The van der Waals surface area contributed by atoms with Gasteiger partial charge >= 0.3 is 5.97 Å². The highest BCUT2D eigenvalue weighted by Crippen LogP contribution is 2.21. The van der Waals surface area contributed by atoms with E-state index < -0.39 is 11.4 Å². The molecule has 100 valence electrons. The highest BCUT2D eigenvalue weighted by molar-refractivity contribution is 9.10. The van der Waals surface area contributed by atoms with Gasteiger partial charge in [0.05, 0.1) is 5.41 Å². The molecule has 0 aliphatic carbocycles. The summed E-state index contributed by atoms with van der Waals surface area (Å²) in [5.41, 5.74) is 0.572. The van der Waals surface area contributed by atoms with Crippen molar-refractivity contribution in [2.75, 3.05) is 13.6 Å². The number of hydrogen-bond donors (Lipinski definition) is 1. The molecular weight excluding hydrogens is 294 g/mol. The molecule has 1 aromatic carbocycles. The molecule has 1 rings (SSSR count). The molecule has 0 aromatic heterocycles. The van der Waals surface area contributed by atoms with Gasteiger partial charge in [-0.3, -0.25) is 4.79 Å². The lowest BCUT2D eigenvalue weighted by Crippen LogP contribution is -2.29. The summed E-state index contributed by atoms with van der Waals surface area (Å²) in [6.07, 6.45) is 0.648. The zero-order valence-electron chi connectivity index (χ0n) is 11.1. The van der Waals surface area contributed by atoms with E-state index in [0.717, 1.165) is 17.6 Å². The van der Waals surface area contributed by atoms with Crippen LogP contribution in [0.3, 0.4) is 0 Å². The van der Waals surface area contributed by atoms with Crippen LogP contribution < -0.4 is 0 Å². The summed E-state index contributed by atoms with van der Waals surface area (Å²) in [6, 6.07) is 8.18. The Morgan fingerprint density at radius 3 is 2.39 bits per heavy atom. The molecular formula is C14H20BrNO2. The fourth-order valence-electron chi connectivity index (χ4n) is 1.56. The number of hydrogen-bond acceptors (Lipinski definition) is 2. The maximum absolute atomic E-state index is 11.0. The first-order valence-electron chi connectivity index (χ1n) is 5.97. The number of halogens is 1. The Labute approximate surface area is 117 Å². The maximum atomic E-state index is 11.0. The van der Waals surface area contributed by atoms with E-state index in [4.69, 9.17) is 5.11 Å². The Morgan fingerprint density at radius 1 is 1.33 bits per heavy atom. The Balaban J connectivity index is 2.45. The van der Waals surface area contributed by atoms with Gasteiger partial charge in [-0.15, -0.1) is 0 Å². The third-order valence-corrected chi connectivity index (χ3v) is 3.59. The van der Waals surface area contributed by atoms with Crippen LogP contribution in [0.4, 0.5) is 0 Å². The smallest absolute Gasteiger partial charge is 0.309 e. The number of carboxylic acid groups (broad SMARTS) is 1. The van der Waals surface area contributed by atoms with E-state index in [1.54, 1.807) is 13.8 Å². The van der Waals surface area contributed by atoms with Crippen LogP contribution in [0.5, 0.6) is 0 Å². The first-order chi connectivity index (χ1) is 8.31. The van der Waals surface area contributed by atoms with E-state index in [-0.39, 0.29) is 0 Å². The average molecular weight is 314 g/mol. The second-order valence-electron chi connectivity index (χ2n) is 5.30. The normalized spacial score (nSPS) is 11.8. The first kappa shape index (κ1) is 15.2. The average Bonchev–Trinajstić information content (AvgIpc) is 2.29.